The Hall–Kier alpha value is -2.22. The second-order valence-corrected chi connectivity index (χ2v) is 5.64. The zero-order valence-corrected chi connectivity index (χ0v) is 11.3. The van der Waals surface area contributed by atoms with Gasteiger partial charge in [0.2, 0.25) is 0 Å². The summed E-state index contributed by atoms with van der Waals surface area (Å²) in [5.74, 6) is 0.337. The molecule has 0 saturated carbocycles. The lowest BCUT2D eigenvalue weighted by atomic mass is 9.68. The van der Waals surface area contributed by atoms with Crippen molar-refractivity contribution in [3.63, 3.8) is 0 Å². The molecule has 0 N–H and O–H groups in total. The van der Waals surface area contributed by atoms with E-state index in [0.717, 1.165) is 16.7 Å². The summed E-state index contributed by atoms with van der Waals surface area (Å²) in [7, 11) is 0. The van der Waals surface area contributed by atoms with Crippen LogP contribution in [0, 0.1) is 5.92 Å². The van der Waals surface area contributed by atoms with Crippen molar-refractivity contribution in [3.05, 3.63) is 71.3 Å². The number of hydrogen-bond acceptors (Lipinski definition) is 2. The fraction of sp³-hybridized carbons (Fsp3) is 0.222. The molecule has 0 radical (unpaired) electrons. The predicted octanol–water partition coefficient (Wildman–Crippen LogP) is 3.58. The third-order valence-corrected chi connectivity index (χ3v) is 4.74. The van der Waals surface area contributed by atoms with Crippen LogP contribution in [0.1, 0.15) is 34.5 Å². The van der Waals surface area contributed by atoms with Gasteiger partial charge in [0.15, 0.2) is 5.78 Å². The number of benzene rings is 2. The first kappa shape index (κ1) is 11.6. The minimum atomic E-state index is -0.537. The molecule has 0 bridgehead atoms. The van der Waals surface area contributed by atoms with Crippen LogP contribution in [0.2, 0.25) is 0 Å². The topological polar surface area (TPSA) is 29.4 Å². The van der Waals surface area contributed by atoms with Gasteiger partial charge in [-0.1, -0.05) is 61.5 Å². The van der Waals surface area contributed by atoms with Crippen molar-refractivity contribution in [3.8, 4) is 0 Å². The van der Waals surface area contributed by atoms with E-state index in [1.54, 1.807) is 0 Å². The second kappa shape index (κ2) is 3.89. The highest BCUT2D eigenvalue weighted by Gasteiger charge is 2.59. The van der Waals surface area contributed by atoms with Gasteiger partial charge >= 0.3 is 0 Å². The van der Waals surface area contributed by atoms with Crippen molar-refractivity contribution in [2.24, 2.45) is 10.9 Å². The summed E-state index contributed by atoms with van der Waals surface area (Å²) in [6, 6.07) is 17.9. The fourth-order valence-corrected chi connectivity index (χ4v) is 3.79. The Labute approximate surface area is 118 Å². The molecule has 3 atom stereocenters. The Bertz CT molecular complexity index is 719. The van der Waals surface area contributed by atoms with E-state index in [-0.39, 0.29) is 17.7 Å². The van der Waals surface area contributed by atoms with Crippen molar-refractivity contribution >= 4 is 12.0 Å². The molecule has 2 heteroatoms. The fourth-order valence-electron chi connectivity index (χ4n) is 3.79. The number of aliphatic imine (C=N–C) groups is 1. The lowest BCUT2D eigenvalue weighted by molar-refractivity contribution is 0.0868. The zero-order chi connectivity index (χ0) is 13.7. The molecule has 98 valence electrons. The number of carbonyl (C=O) groups is 1. The molecule has 1 aliphatic heterocycles. The lowest BCUT2D eigenvalue weighted by Gasteiger charge is -2.31. The molecule has 0 amide bonds. The Morgan fingerprint density at radius 1 is 1.00 bits per heavy atom. The second-order valence-electron chi connectivity index (χ2n) is 5.64. The molecule has 20 heavy (non-hydrogen) atoms. The highest BCUT2D eigenvalue weighted by Crippen LogP contribution is 2.56. The van der Waals surface area contributed by atoms with Crippen LogP contribution < -0.4 is 0 Å². The predicted molar refractivity (Wildman–Crippen MR) is 79.3 cm³/mol. The lowest BCUT2D eigenvalue weighted by Crippen LogP contribution is -2.39. The van der Waals surface area contributed by atoms with Crippen LogP contribution in [0.5, 0.6) is 0 Å². The maximum absolute atomic E-state index is 13.1. The van der Waals surface area contributed by atoms with Gasteiger partial charge in [0.1, 0.15) is 0 Å². The molecule has 2 aliphatic rings. The van der Waals surface area contributed by atoms with Gasteiger partial charge in [0.25, 0.3) is 0 Å². The molecule has 0 unspecified atom stereocenters. The van der Waals surface area contributed by atoms with E-state index in [1.807, 2.05) is 48.7 Å². The number of Topliss-reactive ketones (excluding diaryl/α,β-unsaturated/α-hetero) is 1. The summed E-state index contributed by atoms with van der Waals surface area (Å²) in [5.41, 5.74) is 2.45. The maximum Gasteiger partial charge on any atom is 0.176 e. The molecule has 0 aromatic heterocycles. The molecule has 0 fully saturated rings. The summed E-state index contributed by atoms with van der Waals surface area (Å²) in [6.07, 6.45) is 1.95. The number of fused-ring (bicyclic) bond motifs is 3. The Balaban J connectivity index is 2.01. The highest BCUT2D eigenvalue weighted by molar-refractivity contribution is 6.12. The molecule has 0 spiro atoms. The summed E-state index contributed by atoms with van der Waals surface area (Å²) < 4.78 is 0. The first-order valence-corrected chi connectivity index (χ1v) is 6.99. The molecule has 2 aromatic carbocycles. The monoisotopic (exact) mass is 261 g/mol. The molecule has 2 aromatic rings. The van der Waals surface area contributed by atoms with Crippen LogP contribution in [-0.2, 0) is 5.41 Å². The van der Waals surface area contributed by atoms with Gasteiger partial charge in [-0.2, -0.15) is 0 Å². The number of nitrogens with zero attached hydrogens (tertiary/aromatic N) is 1. The van der Waals surface area contributed by atoms with E-state index in [2.05, 4.69) is 24.0 Å². The van der Waals surface area contributed by atoms with E-state index in [4.69, 9.17) is 0 Å². The van der Waals surface area contributed by atoms with E-state index in [1.165, 1.54) is 0 Å². The zero-order valence-electron chi connectivity index (χ0n) is 11.3. The van der Waals surface area contributed by atoms with Gasteiger partial charge in [-0.25, -0.2) is 0 Å². The summed E-state index contributed by atoms with van der Waals surface area (Å²) in [6.45, 7) is 2.10. The average Bonchev–Trinajstić information content (AvgIpc) is 2.97. The van der Waals surface area contributed by atoms with Crippen LogP contribution in [-0.4, -0.2) is 12.0 Å². The summed E-state index contributed by atoms with van der Waals surface area (Å²) in [5, 5.41) is 0. The van der Waals surface area contributed by atoms with Gasteiger partial charge in [-0.3, -0.25) is 9.79 Å². The molecule has 1 aliphatic carbocycles. The van der Waals surface area contributed by atoms with Gasteiger partial charge in [-0.15, -0.1) is 0 Å². The van der Waals surface area contributed by atoms with Crippen molar-refractivity contribution < 1.29 is 4.79 Å². The van der Waals surface area contributed by atoms with E-state index in [9.17, 15) is 4.79 Å². The van der Waals surface area contributed by atoms with Crippen LogP contribution in [0.4, 0.5) is 0 Å². The van der Waals surface area contributed by atoms with Crippen LogP contribution in [0.15, 0.2) is 59.6 Å². The SMILES string of the molecule is C[C@@H]1C=N[C@@H]2c3ccccc3C(=O)[C@@]12c1ccccc1. The first-order chi connectivity index (χ1) is 9.76. The Morgan fingerprint density at radius 3 is 2.50 bits per heavy atom. The highest BCUT2D eigenvalue weighted by atomic mass is 16.1. The summed E-state index contributed by atoms with van der Waals surface area (Å²) in [4.78, 5) is 17.8. The quantitative estimate of drug-likeness (QED) is 0.771. The Morgan fingerprint density at radius 2 is 1.70 bits per heavy atom. The van der Waals surface area contributed by atoms with Gasteiger partial charge < -0.3 is 0 Å². The number of carbonyl (C=O) groups excluding carboxylic acids is 1. The van der Waals surface area contributed by atoms with Crippen molar-refractivity contribution in [1.29, 1.82) is 0 Å². The third-order valence-electron chi connectivity index (χ3n) is 4.74. The van der Waals surface area contributed by atoms with Crippen LogP contribution in [0.3, 0.4) is 0 Å². The van der Waals surface area contributed by atoms with Crippen LogP contribution in [0.25, 0.3) is 0 Å². The standard InChI is InChI=1S/C18H15NO/c1-12-11-19-16-14-9-5-6-10-15(14)17(20)18(12,16)13-7-3-2-4-8-13/h2-12,16H,1H3/t12-,16-,18-/m1/s1. The van der Waals surface area contributed by atoms with Crippen molar-refractivity contribution in [1.82, 2.24) is 0 Å². The van der Waals surface area contributed by atoms with E-state index < -0.39 is 5.41 Å². The molecular weight excluding hydrogens is 246 g/mol. The molecule has 4 rings (SSSR count). The largest absolute Gasteiger partial charge is 0.293 e. The first-order valence-electron chi connectivity index (χ1n) is 6.99. The van der Waals surface area contributed by atoms with Gasteiger partial charge in [-0.05, 0) is 11.1 Å². The Kier molecular flexibility index (Phi) is 2.25. The summed E-state index contributed by atoms with van der Waals surface area (Å²) >= 11 is 0. The normalized spacial score (nSPS) is 30.4. The van der Waals surface area contributed by atoms with Crippen molar-refractivity contribution in [2.75, 3.05) is 0 Å². The molecule has 1 heterocycles. The number of rotatable bonds is 1. The number of ketones is 1. The smallest absolute Gasteiger partial charge is 0.176 e. The molecule has 2 nitrogen and oxygen atoms in total. The van der Waals surface area contributed by atoms with Gasteiger partial charge in [0, 0.05) is 17.7 Å². The van der Waals surface area contributed by atoms with E-state index in [0.29, 0.717) is 0 Å². The number of hydrogen-bond donors (Lipinski definition) is 0. The maximum atomic E-state index is 13.1. The van der Waals surface area contributed by atoms with E-state index >= 15 is 0 Å². The minimum Gasteiger partial charge on any atom is -0.293 e. The molecular formula is C18H15NO. The third kappa shape index (κ3) is 1.19. The minimum absolute atomic E-state index is 0.0661. The van der Waals surface area contributed by atoms with Crippen LogP contribution >= 0.6 is 0 Å². The average molecular weight is 261 g/mol. The van der Waals surface area contributed by atoms with Crippen molar-refractivity contribution in [2.45, 2.75) is 18.4 Å². The van der Waals surface area contributed by atoms with Gasteiger partial charge in [0.05, 0.1) is 11.5 Å². The molecule has 0 saturated heterocycles.